The highest BCUT2D eigenvalue weighted by Crippen LogP contribution is 2.05. The van der Waals surface area contributed by atoms with Crippen molar-refractivity contribution in [2.24, 2.45) is 4.99 Å². The quantitative estimate of drug-likeness (QED) is 0.592. The van der Waals surface area contributed by atoms with Gasteiger partial charge >= 0.3 is 0 Å². The zero-order valence-corrected chi connectivity index (χ0v) is 6.91. The van der Waals surface area contributed by atoms with Crippen LogP contribution >= 0.6 is 0 Å². The summed E-state index contributed by atoms with van der Waals surface area (Å²) in [6, 6.07) is 5.73. The van der Waals surface area contributed by atoms with Crippen LogP contribution in [0, 0.1) is 0 Å². The highest BCUT2D eigenvalue weighted by atomic mass is 14.9. The number of pyridine rings is 1. The smallest absolute Gasteiger partial charge is 0.151 e. The molecule has 0 fully saturated rings. The van der Waals surface area contributed by atoms with Gasteiger partial charge in [0.1, 0.15) is 0 Å². The fraction of sp³-hybridized carbons (Fsp3) is 0.333. The highest BCUT2D eigenvalue weighted by molar-refractivity contribution is 5.83. The number of aromatic nitrogens is 1. The number of rotatable bonds is 2. The monoisotopic (exact) mass is 148 g/mol. The first-order valence-corrected chi connectivity index (χ1v) is 3.78. The maximum absolute atomic E-state index is 4.28. The van der Waals surface area contributed by atoms with Crippen molar-refractivity contribution < 1.29 is 0 Å². The highest BCUT2D eigenvalue weighted by Gasteiger charge is 1.88. The van der Waals surface area contributed by atoms with Crippen LogP contribution in [0.5, 0.6) is 0 Å². The summed E-state index contributed by atoms with van der Waals surface area (Å²) in [6.07, 6.45) is 2.73. The first-order valence-electron chi connectivity index (χ1n) is 3.78. The van der Waals surface area contributed by atoms with Crippen molar-refractivity contribution in [2.75, 3.05) is 0 Å². The average Bonchev–Trinajstić information content (AvgIpc) is 2.06. The van der Waals surface area contributed by atoms with Crippen LogP contribution in [-0.4, -0.2) is 10.7 Å². The van der Waals surface area contributed by atoms with Crippen LogP contribution in [0.3, 0.4) is 0 Å². The van der Waals surface area contributed by atoms with E-state index in [1.807, 2.05) is 25.1 Å². The Morgan fingerprint density at radius 1 is 1.55 bits per heavy atom. The maximum Gasteiger partial charge on any atom is 0.151 e. The molecule has 0 atom stereocenters. The van der Waals surface area contributed by atoms with Crippen molar-refractivity contribution in [1.29, 1.82) is 0 Å². The van der Waals surface area contributed by atoms with E-state index in [9.17, 15) is 0 Å². The van der Waals surface area contributed by atoms with Gasteiger partial charge in [-0.15, -0.1) is 0 Å². The number of hydrogen-bond donors (Lipinski definition) is 0. The van der Waals surface area contributed by atoms with Crippen LogP contribution in [0.2, 0.25) is 0 Å². The minimum absolute atomic E-state index is 0.798. The molecule has 0 saturated heterocycles. The molecule has 0 spiro atoms. The fourth-order valence-corrected chi connectivity index (χ4v) is 0.694. The van der Waals surface area contributed by atoms with Crippen LogP contribution < -0.4 is 0 Å². The minimum Gasteiger partial charge on any atom is -0.238 e. The zero-order valence-electron chi connectivity index (χ0n) is 6.91. The summed E-state index contributed by atoms with van der Waals surface area (Å²) in [4.78, 5) is 8.36. The van der Waals surface area contributed by atoms with Gasteiger partial charge in [0.2, 0.25) is 0 Å². The predicted octanol–water partition coefficient (Wildman–Crippen LogP) is 2.58. The summed E-state index contributed by atoms with van der Waals surface area (Å²) in [5.74, 6) is 0.798. The van der Waals surface area contributed by atoms with Crippen molar-refractivity contribution >= 4 is 11.5 Å². The summed E-state index contributed by atoms with van der Waals surface area (Å²) in [5.41, 5.74) is 1.11. The normalized spacial score (nSPS) is 11.6. The Morgan fingerprint density at radius 3 is 2.91 bits per heavy atom. The first kappa shape index (κ1) is 7.92. The van der Waals surface area contributed by atoms with Gasteiger partial charge in [-0.25, -0.2) is 9.98 Å². The molecule has 0 saturated carbocycles. The van der Waals surface area contributed by atoms with Crippen molar-refractivity contribution in [3.8, 4) is 0 Å². The summed E-state index contributed by atoms with van der Waals surface area (Å²) in [6.45, 7) is 4.09. The van der Waals surface area contributed by atoms with Gasteiger partial charge in [-0.1, -0.05) is 13.0 Å². The topological polar surface area (TPSA) is 25.2 Å². The lowest BCUT2D eigenvalue weighted by Gasteiger charge is -1.93. The number of hydrogen-bond acceptors (Lipinski definition) is 2. The lowest BCUT2D eigenvalue weighted by Crippen LogP contribution is -1.85. The molecule has 0 aliphatic rings. The van der Waals surface area contributed by atoms with E-state index < -0.39 is 0 Å². The molecule has 0 N–H and O–H groups in total. The van der Waals surface area contributed by atoms with E-state index in [4.69, 9.17) is 0 Å². The summed E-state index contributed by atoms with van der Waals surface area (Å²) >= 11 is 0. The number of aliphatic imine (C=N–C) groups is 1. The summed E-state index contributed by atoms with van der Waals surface area (Å²) in [7, 11) is 0. The molecule has 2 heteroatoms. The van der Waals surface area contributed by atoms with Gasteiger partial charge in [0.25, 0.3) is 0 Å². The third-order valence-electron chi connectivity index (χ3n) is 1.47. The van der Waals surface area contributed by atoms with Crippen molar-refractivity contribution in [3.63, 3.8) is 0 Å². The molecule has 2 nitrogen and oxygen atoms in total. The van der Waals surface area contributed by atoms with E-state index in [1.165, 1.54) is 0 Å². The van der Waals surface area contributed by atoms with Gasteiger partial charge in [-0.3, -0.25) is 0 Å². The Hall–Kier alpha value is -1.18. The summed E-state index contributed by atoms with van der Waals surface area (Å²) < 4.78 is 0. The van der Waals surface area contributed by atoms with Crippen LogP contribution in [-0.2, 0) is 0 Å². The lowest BCUT2D eigenvalue weighted by molar-refractivity contribution is 1.21. The molecule has 0 radical (unpaired) electrons. The standard InChI is InChI=1S/C9H12N2/c1-3-8(2)11-9-6-4-5-7-10-9/h4-7H,3H2,1-2H3. The van der Waals surface area contributed by atoms with E-state index in [0.717, 1.165) is 18.0 Å². The van der Waals surface area contributed by atoms with E-state index in [1.54, 1.807) is 6.20 Å². The molecule has 1 rings (SSSR count). The molecule has 58 valence electrons. The van der Waals surface area contributed by atoms with E-state index >= 15 is 0 Å². The Bertz CT molecular complexity index is 239. The second kappa shape index (κ2) is 3.86. The molecule has 0 unspecified atom stereocenters. The molecule has 1 aromatic heterocycles. The van der Waals surface area contributed by atoms with Gasteiger partial charge in [-0.05, 0) is 25.5 Å². The van der Waals surface area contributed by atoms with Crippen LogP contribution in [0.4, 0.5) is 5.82 Å². The molecule has 0 aromatic carbocycles. The Balaban J connectivity index is 2.79. The molecule has 0 aliphatic carbocycles. The largest absolute Gasteiger partial charge is 0.238 e. The zero-order chi connectivity index (χ0) is 8.10. The van der Waals surface area contributed by atoms with Crippen molar-refractivity contribution in [1.82, 2.24) is 4.98 Å². The Morgan fingerprint density at radius 2 is 2.36 bits per heavy atom. The van der Waals surface area contributed by atoms with Crippen LogP contribution in [0.25, 0.3) is 0 Å². The van der Waals surface area contributed by atoms with Crippen LogP contribution in [0.1, 0.15) is 20.3 Å². The van der Waals surface area contributed by atoms with Crippen LogP contribution in [0.15, 0.2) is 29.4 Å². The van der Waals surface area contributed by atoms with Crippen molar-refractivity contribution in [3.05, 3.63) is 24.4 Å². The molecular formula is C9H12N2. The predicted molar refractivity (Wildman–Crippen MR) is 47.3 cm³/mol. The SMILES string of the molecule is CCC(C)=Nc1ccccn1. The molecule has 0 amide bonds. The molecule has 11 heavy (non-hydrogen) atoms. The Kier molecular flexibility index (Phi) is 2.78. The maximum atomic E-state index is 4.28. The lowest BCUT2D eigenvalue weighted by atomic mass is 10.3. The molecule has 0 bridgehead atoms. The molecule has 0 aliphatic heterocycles. The fourth-order valence-electron chi connectivity index (χ4n) is 0.694. The van der Waals surface area contributed by atoms with Gasteiger partial charge in [-0.2, -0.15) is 0 Å². The molecular weight excluding hydrogens is 136 g/mol. The van der Waals surface area contributed by atoms with E-state index in [-0.39, 0.29) is 0 Å². The summed E-state index contributed by atoms with van der Waals surface area (Å²) in [5, 5.41) is 0. The second-order valence-corrected chi connectivity index (χ2v) is 2.39. The third-order valence-corrected chi connectivity index (χ3v) is 1.47. The first-order chi connectivity index (χ1) is 5.33. The van der Waals surface area contributed by atoms with E-state index in [2.05, 4.69) is 16.9 Å². The molecule has 1 heterocycles. The molecule has 1 aromatic rings. The van der Waals surface area contributed by atoms with Crippen molar-refractivity contribution in [2.45, 2.75) is 20.3 Å². The Labute approximate surface area is 67.0 Å². The van der Waals surface area contributed by atoms with Gasteiger partial charge < -0.3 is 0 Å². The van der Waals surface area contributed by atoms with Gasteiger partial charge in [0.05, 0.1) is 0 Å². The minimum atomic E-state index is 0.798. The van der Waals surface area contributed by atoms with Gasteiger partial charge in [0.15, 0.2) is 5.82 Å². The third kappa shape index (κ3) is 2.50. The second-order valence-electron chi connectivity index (χ2n) is 2.39. The van der Waals surface area contributed by atoms with Gasteiger partial charge in [0, 0.05) is 11.9 Å². The average molecular weight is 148 g/mol. The van der Waals surface area contributed by atoms with E-state index in [0.29, 0.717) is 0 Å². The number of nitrogens with zero attached hydrogens (tertiary/aromatic N) is 2.